The number of hydrogen-bond donors (Lipinski definition) is 2. The Labute approximate surface area is 178 Å². The van der Waals surface area contributed by atoms with Crippen LogP contribution in [0.2, 0.25) is 0 Å². The summed E-state index contributed by atoms with van der Waals surface area (Å²) < 4.78 is 0.965. The lowest BCUT2D eigenvalue weighted by molar-refractivity contribution is -0.176. The minimum Gasteiger partial charge on any atom is -0.384 e. The van der Waals surface area contributed by atoms with Crippen LogP contribution >= 0.6 is 15.9 Å². The Balaban J connectivity index is 1.21. The molecule has 2 heterocycles. The molecule has 29 heavy (non-hydrogen) atoms. The summed E-state index contributed by atoms with van der Waals surface area (Å²) in [6.07, 6.45) is 2.48. The van der Waals surface area contributed by atoms with Crippen molar-refractivity contribution in [2.45, 2.75) is 19.3 Å². The summed E-state index contributed by atoms with van der Waals surface area (Å²) in [5, 5.41) is 7.97. The van der Waals surface area contributed by atoms with E-state index in [9.17, 15) is 9.59 Å². The second-order valence-corrected chi connectivity index (χ2v) is 8.36. The molecule has 0 bridgehead atoms. The first-order valence-electron chi connectivity index (χ1n) is 9.93. The van der Waals surface area contributed by atoms with Crippen LogP contribution in [0.1, 0.15) is 28.8 Å². The van der Waals surface area contributed by atoms with Gasteiger partial charge in [0.15, 0.2) is 5.78 Å². The molecule has 2 aromatic carbocycles. The number of amides is 1. The van der Waals surface area contributed by atoms with Gasteiger partial charge in [0.05, 0.1) is 0 Å². The minimum absolute atomic E-state index is 0.00349. The van der Waals surface area contributed by atoms with Crippen molar-refractivity contribution in [2.24, 2.45) is 5.92 Å². The van der Waals surface area contributed by atoms with E-state index in [1.54, 1.807) is 5.06 Å². The number of anilines is 2. The average molecular weight is 458 g/mol. The van der Waals surface area contributed by atoms with E-state index in [1.807, 2.05) is 42.5 Å². The first-order valence-corrected chi connectivity index (χ1v) is 10.7. The van der Waals surface area contributed by atoms with Gasteiger partial charge in [-0.3, -0.25) is 14.4 Å². The summed E-state index contributed by atoms with van der Waals surface area (Å²) in [5.41, 5.74) is 3.88. The van der Waals surface area contributed by atoms with Gasteiger partial charge in [-0.1, -0.05) is 34.1 Å². The molecule has 0 unspecified atom stereocenters. The van der Waals surface area contributed by atoms with Gasteiger partial charge < -0.3 is 10.6 Å². The fourth-order valence-electron chi connectivity index (χ4n) is 3.81. The molecule has 1 amide bonds. The van der Waals surface area contributed by atoms with Crippen molar-refractivity contribution in [1.29, 1.82) is 0 Å². The number of nitrogens with one attached hydrogen (secondary N) is 2. The van der Waals surface area contributed by atoms with E-state index in [-0.39, 0.29) is 24.2 Å². The Morgan fingerprint density at radius 1 is 1.14 bits per heavy atom. The summed E-state index contributed by atoms with van der Waals surface area (Å²) in [7, 11) is 0. The molecule has 7 heteroatoms. The van der Waals surface area contributed by atoms with Crippen molar-refractivity contribution in [2.75, 3.05) is 36.9 Å². The van der Waals surface area contributed by atoms with Gasteiger partial charge >= 0.3 is 0 Å². The maximum atomic E-state index is 12.6. The fourth-order valence-corrected chi connectivity index (χ4v) is 4.08. The van der Waals surface area contributed by atoms with Gasteiger partial charge in [-0.2, -0.15) is 5.06 Å². The molecule has 6 nitrogen and oxygen atoms in total. The average Bonchev–Trinajstić information content (AvgIpc) is 3.20. The van der Waals surface area contributed by atoms with Crippen LogP contribution in [0.5, 0.6) is 0 Å². The Kier molecular flexibility index (Phi) is 6.28. The van der Waals surface area contributed by atoms with Crippen molar-refractivity contribution in [3.05, 3.63) is 58.1 Å². The van der Waals surface area contributed by atoms with Gasteiger partial charge in [0.1, 0.15) is 6.61 Å². The van der Waals surface area contributed by atoms with Crippen molar-refractivity contribution in [1.82, 2.24) is 5.06 Å². The summed E-state index contributed by atoms with van der Waals surface area (Å²) in [6.45, 7) is 2.19. The van der Waals surface area contributed by atoms with E-state index in [0.29, 0.717) is 13.1 Å². The number of halogens is 1. The number of hydroxylamine groups is 2. The molecule has 0 spiro atoms. The van der Waals surface area contributed by atoms with Gasteiger partial charge in [-0.15, -0.1) is 0 Å². The van der Waals surface area contributed by atoms with Crippen LogP contribution < -0.4 is 10.6 Å². The third-order valence-corrected chi connectivity index (χ3v) is 5.96. The van der Waals surface area contributed by atoms with E-state index < -0.39 is 0 Å². The Bertz CT molecular complexity index is 893. The van der Waals surface area contributed by atoms with Crippen LogP contribution in [0.4, 0.5) is 11.4 Å². The quantitative estimate of drug-likeness (QED) is 0.643. The fraction of sp³-hybridized carbons (Fsp3) is 0.364. The minimum atomic E-state index is -0.184. The number of fused-ring (bicyclic) bond motifs is 1. The SMILES string of the molecule is O=C(CON1CCC(C(=O)c2ccc(Br)cc2)CC1)Nc1ccc2c(c1)NCC2. The molecular formula is C22H24BrN3O3. The monoisotopic (exact) mass is 457 g/mol. The largest absolute Gasteiger partial charge is 0.384 e. The second kappa shape index (κ2) is 9.07. The van der Waals surface area contributed by atoms with E-state index in [0.717, 1.165) is 47.2 Å². The van der Waals surface area contributed by atoms with E-state index >= 15 is 0 Å². The van der Waals surface area contributed by atoms with Gasteiger partial charge in [0, 0.05) is 47.0 Å². The summed E-state index contributed by atoms with van der Waals surface area (Å²) in [5.74, 6) is -0.000104. The molecule has 1 fully saturated rings. The van der Waals surface area contributed by atoms with Gasteiger partial charge in [-0.25, -0.2) is 0 Å². The third-order valence-electron chi connectivity index (χ3n) is 5.44. The first-order chi connectivity index (χ1) is 14.1. The molecular weight excluding hydrogens is 434 g/mol. The van der Waals surface area contributed by atoms with Gasteiger partial charge in [0.25, 0.3) is 5.91 Å². The molecule has 152 valence electrons. The first kappa shape index (κ1) is 20.1. The number of carbonyl (C=O) groups excluding carboxylic acids is 2. The topological polar surface area (TPSA) is 70.7 Å². The van der Waals surface area contributed by atoms with Crippen LogP contribution in [-0.4, -0.2) is 43.0 Å². The lowest BCUT2D eigenvalue weighted by atomic mass is 9.89. The maximum Gasteiger partial charge on any atom is 0.252 e. The second-order valence-electron chi connectivity index (χ2n) is 7.44. The lowest BCUT2D eigenvalue weighted by Crippen LogP contribution is -2.38. The Morgan fingerprint density at radius 2 is 1.90 bits per heavy atom. The molecule has 0 aliphatic carbocycles. The smallest absolute Gasteiger partial charge is 0.252 e. The van der Waals surface area contributed by atoms with Crippen LogP contribution in [-0.2, 0) is 16.1 Å². The predicted octanol–water partition coefficient (Wildman–Crippen LogP) is 3.88. The number of ketones is 1. The molecule has 2 N–H and O–H groups in total. The molecule has 0 saturated carbocycles. The number of hydrogen-bond acceptors (Lipinski definition) is 5. The van der Waals surface area contributed by atoms with Crippen molar-refractivity contribution >= 4 is 39.0 Å². The van der Waals surface area contributed by atoms with Crippen LogP contribution in [0.25, 0.3) is 0 Å². The summed E-state index contributed by atoms with van der Waals surface area (Å²) in [4.78, 5) is 30.5. The highest BCUT2D eigenvalue weighted by Crippen LogP contribution is 2.26. The van der Waals surface area contributed by atoms with E-state index in [2.05, 4.69) is 26.6 Å². The van der Waals surface area contributed by atoms with E-state index in [4.69, 9.17) is 4.84 Å². The molecule has 4 rings (SSSR count). The number of benzene rings is 2. The van der Waals surface area contributed by atoms with Crippen molar-refractivity contribution in [3.8, 4) is 0 Å². The van der Waals surface area contributed by atoms with Gasteiger partial charge in [0.2, 0.25) is 0 Å². The normalized spacial score (nSPS) is 16.9. The highest BCUT2D eigenvalue weighted by atomic mass is 79.9. The number of piperidine rings is 1. The van der Waals surface area contributed by atoms with Crippen LogP contribution in [0.3, 0.4) is 0 Å². The highest BCUT2D eigenvalue weighted by Gasteiger charge is 2.26. The molecule has 2 aromatic rings. The van der Waals surface area contributed by atoms with Crippen molar-refractivity contribution < 1.29 is 14.4 Å². The lowest BCUT2D eigenvalue weighted by Gasteiger charge is -2.30. The van der Waals surface area contributed by atoms with Crippen molar-refractivity contribution in [3.63, 3.8) is 0 Å². The summed E-state index contributed by atoms with van der Waals surface area (Å²) in [6, 6.07) is 13.4. The number of Topliss-reactive ketones (excluding diaryl/α,β-unsaturated/α-hetero) is 1. The molecule has 1 saturated heterocycles. The molecule has 0 atom stereocenters. The molecule has 2 aliphatic rings. The van der Waals surface area contributed by atoms with Crippen LogP contribution in [0, 0.1) is 5.92 Å². The number of rotatable bonds is 6. The maximum absolute atomic E-state index is 12.6. The highest BCUT2D eigenvalue weighted by molar-refractivity contribution is 9.10. The molecule has 0 radical (unpaired) electrons. The summed E-state index contributed by atoms with van der Waals surface area (Å²) >= 11 is 3.39. The Hall–Kier alpha value is -2.22. The molecule has 2 aliphatic heterocycles. The zero-order valence-electron chi connectivity index (χ0n) is 16.1. The predicted molar refractivity (Wildman–Crippen MR) is 116 cm³/mol. The van der Waals surface area contributed by atoms with Gasteiger partial charge in [-0.05, 0) is 49.1 Å². The zero-order valence-corrected chi connectivity index (χ0v) is 17.7. The number of nitrogens with zero attached hydrogens (tertiary/aromatic N) is 1. The van der Waals surface area contributed by atoms with Crippen LogP contribution in [0.15, 0.2) is 46.9 Å². The third kappa shape index (κ3) is 5.04. The number of carbonyl (C=O) groups is 2. The molecule has 0 aromatic heterocycles. The zero-order chi connectivity index (χ0) is 20.2. The standard InChI is InChI=1S/C22H24BrN3O3/c23-18-4-1-16(2-5-18)22(28)17-8-11-26(12-9-17)29-14-21(27)25-19-6-3-15-7-10-24-20(15)13-19/h1-6,13,17,24H,7-12,14H2,(H,25,27). The Morgan fingerprint density at radius 3 is 2.66 bits per heavy atom. The van der Waals surface area contributed by atoms with E-state index in [1.165, 1.54) is 5.56 Å².